The van der Waals surface area contributed by atoms with Crippen LogP contribution in [0.1, 0.15) is 26.3 Å². The molecule has 0 aromatic heterocycles. The molecule has 0 atom stereocenters. The first-order chi connectivity index (χ1) is 13.3. The van der Waals surface area contributed by atoms with Gasteiger partial charge in [0.25, 0.3) is 0 Å². The second kappa shape index (κ2) is 10.4. The van der Waals surface area contributed by atoms with Gasteiger partial charge in [0.2, 0.25) is 0 Å². The lowest BCUT2D eigenvalue weighted by molar-refractivity contribution is 0.230. The summed E-state index contributed by atoms with van der Waals surface area (Å²) >= 11 is 0. The number of amidine groups is 1. The van der Waals surface area contributed by atoms with Gasteiger partial charge in [-0.15, -0.1) is 0 Å². The molecule has 0 bridgehead atoms. The van der Waals surface area contributed by atoms with Crippen molar-refractivity contribution in [1.82, 2.24) is 10.2 Å². The predicted octanol–water partition coefficient (Wildman–Crippen LogP) is 4.20. The first kappa shape index (κ1) is 21.3. The molecule has 0 heterocycles. The third-order valence-electron chi connectivity index (χ3n) is 4.06. The first-order valence-electron chi connectivity index (χ1n) is 9.21. The van der Waals surface area contributed by atoms with Crippen LogP contribution in [0.4, 0.5) is 10.1 Å². The Kier molecular flexibility index (Phi) is 7.89. The van der Waals surface area contributed by atoms with Crippen molar-refractivity contribution in [3.63, 3.8) is 0 Å². The molecule has 0 aliphatic heterocycles. The predicted molar refractivity (Wildman–Crippen MR) is 115 cm³/mol. The van der Waals surface area contributed by atoms with E-state index in [1.54, 1.807) is 19.1 Å². The number of rotatable bonds is 7. The van der Waals surface area contributed by atoms with Crippen molar-refractivity contribution in [2.24, 2.45) is 15.7 Å². The fraction of sp³-hybridized carbons (Fsp3) is 0.273. The van der Waals surface area contributed by atoms with Gasteiger partial charge >= 0.3 is 0 Å². The third kappa shape index (κ3) is 7.32. The first-order valence-corrected chi connectivity index (χ1v) is 9.21. The van der Waals surface area contributed by atoms with Crippen molar-refractivity contribution >= 4 is 17.5 Å². The molecule has 28 heavy (non-hydrogen) atoms. The summed E-state index contributed by atoms with van der Waals surface area (Å²) in [6, 6.07) is 16.5. The van der Waals surface area contributed by atoms with E-state index in [0.29, 0.717) is 24.1 Å². The Labute approximate surface area is 166 Å². The zero-order valence-electron chi connectivity index (χ0n) is 16.7. The highest BCUT2D eigenvalue weighted by atomic mass is 19.1. The topological polar surface area (TPSA) is 66.0 Å². The second-order valence-corrected chi connectivity index (χ2v) is 6.85. The molecule has 0 amide bonds. The van der Waals surface area contributed by atoms with Crippen molar-refractivity contribution in [2.75, 3.05) is 6.54 Å². The maximum absolute atomic E-state index is 13.0. The normalized spacial score (nSPS) is 12.5. The van der Waals surface area contributed by atoms with Crippen LogP contribution in [0.3, 0.4) is 0 Å². The molecule has 5 nitrogen and oxygen atoms in total. The van der Waals surface area contributed by atoms with Gasteiger partial charge in [0.05, 0.1) is 5.69 Å². The lowest BCUT2D eigenvalue weighted by Crippen LogP contribution is -2.39. The molecular weight excluding hydrogens is 353 g/mol. The minimum absolute atomic E-state index is 0.219. The molecule has 0 fully saturated rings. The Morgan fingerprint density at radius 2 is 1.79 bits per heavy atom. The number of aliphatic imine (C=N–C) groups is 2. The van der Waals surface area contributed by atoms with Crippen molar-refractivity contribution in [1.29, 1.82) is 0 Å². The summed E-state index contributed by atoms with van der Waals surface area (Å²) in [5.41, 5.74) is 8.58. The van der Waals surface area contributed by atoms with E-state index in [9.17, 15) is 4.39 Å². The fourth-order valence-electron chi connectivity index (χ4n) is 2.63. The summed E-state index contributed by atoms with van der Waals surface area (Å²) in [5.74, 6) is 0.383. The van der Waals surface area contributed by atoms with E-state index >= 15 is 0 Å². The number of benzene rings is 2. The van der Waals surface area contributed by atoms with Gasteiger partial charge in [-0.05, 0) is 50.6 Å². The van der Waals surface area contributed by atoms with Crippen LogP contribution >= 0.6 is 0 Å². The van der Waals surface area contributed by atoms with Gasteiger partial charge in [0, 0.05) is 24.8 Å². The number of hydrogen-bond acceptors (Lipinski definition) is 2. The monoisotopic (exact) mass is 381 g/mol. The van der Waals surface area contributed by atoms with Crippen LogP contribution < -0.4 is 11.1 Å². The Morgan fingerprint density at radius 1 is 1.14 bits per heavy atom. The van der Waals surface area contributed by atoms with Crippen molar-refractivity contribution in [3.8, 4) is 0 Å². The summed E-state index contributed by atoms with van der Waals surface area (Å²) in [4.78, 5) is 10.8. The summed E-state index contributed by atoms with van der Waals surface area (Å²) in [6.45, 7) is 11.5. The highest BCUT2D eigenvalue weighted by Crippen LogP contribution is 2.13. The minimum Gasteiger partial charge on any atom is -0.369 e. The highest BCUT2D eigenvalue weighted by Gasteiger charge is 2.12. The Balaban J connectivity index is 1.95. The van der Waals surface area contributed by atoms with Gasteiger partial charge in [-0.2, -0.15) is 0 Å². The molecule has 0 aliphatic carbocycles. The summed E-state index contributed by atoms with van der Waals surface area (Å²) in [5, 5.41) is 3.03. The van der Waals surface area contributed by atoms with Gasteiger partial charge in [-0.1, -0.05) is 36.9 Å². The molecule has 0 unspecified atom stereocenters. The molecule has 0 saturated carbocycles. The van der Waals surface area contributed by atoms with E-state index in [2.05, 4.69) is 52.8 Å². The smallest absolute Gasteiger partial charge is 0.199 e. The van der Waals surface area contributed by atoms with E-state index < -0.39 is 0 Å². The van der Waals surface area contributed by atoms with E-state index in [-0.39, 0.29) is 11.8 Å². The van der Waals surface area contributed by atoms with Crippen LogP contribution in [-0.4, -0.2) is 29.3 Å². The van der Waals surface area contributed by atoms with Crippen LogP contribution in [0.2, 0.25) is 0 Å². The van der Waals surface area contributed by atoms with E-state index in [1.807, 2.05) is 18.2 Å². The minimum atomic E-state index is -0.303. The van der Waals surface area contributed by atoms with Crippen molar-refractivity contribution < 1.29 is 4.39 Å². The van der Waals surface area contributed by atoms with Gasteiger partial charge in [-0.3, -0.25) is 4.90 Å². The van der Waals surface area contributed by atoms with Crippen molar-refractivity contribution in [3.05, 3.63) is 78.3 Å². The molecule has 2 aromatic rings. The van der Waals surface area contributed by atoms with E-state index in [0.717, 1.165) is 12.2 Å². The Morgan fingerprint density at radius 3 is 2.39 bits per heavy atom. The van der Waals surface area contributed by atoms with E-state index in [4.69, 9.17) is 5.73 Å². The zero-order chi connectivity index (χ0) is 20.5. The quantitative estimate of drug-likeness (QED) is 0.558. The SMILES string of the molecule is C=C(CN(Cc1ccccc1)C(C)C)NC(N)=NC(C)=Nc1ccc(F)cc1. The summed E-state index contributed by atoms with van der Waals surface area (Å²) < 4.78 is 13.0. The zero-order valence-corrected chi connectivity index (χ0v) is 16.7. The standard InChI is InChI=1S/C22H28FN5/c1-16(2)28(15-19-8-6-5-7-9-19)14-17(3)25-22(24)27-18(4)26-21-12-10-20(23)11-13-21/h5-13,16H,3,14-15H2,1-2,4H3,(H3,24,25,26,27). The maximum Gasteiger partial charge on any atom is 0.199 e. The van der Waals surface area contributed by atoms with Gasteiger partial charge in [0.15, 0.2) is 5.96 Å². The van der Waals surface area contributed by atoms with Crippen LogP contribution in [0.25, 0.3) is 0 Å². The molecule has 0 spiro atoms. The fourth-order valence-corrected chi connectivity index (χ4v) is 2.63. The third-order valence-corrected chi connectivity index (χ3v) is 4.06. The summed E-state index contributed by atoms with van der Waals surface area (Å²) in [7, 11) is 0. The molecule has 0 radical (unpaired) electrons. The average Bonchev–Trinajstić information content (AvgIpc) is 2.63. The molecule has 6 heteroatoms. The highest BCUT2D eigenvalue weighted by molar-refractivity contribution is 5.95. The number of nitrogens with two attached hydrogens (primary N) is 1. The maximum atomic E-state index is 13.0. The number of hydrogen-bond donors (Lipinski definition) is 2. The van der Waals surface area contributed by atoms with Gasteiger partial charge in [-0.25, -0.2) is 14.4 Å². The van der Waals surface area contributed by atoms with Crippen LogP contribution in [0.5, 0.6) is 0 Å². The molecule has 3 N–H and O–H groups in total. The average molecular weight is 381 g/mol. The lowest BCUT2D eigenvalue weighted by Gasteiger charge is -2.27. The molecule has 2 aromatic carbocycles. The molecule has 0 saturated heterocycles. The summed E-state index contributed by atoms with van der Waals surface area (Å²) in [6.07, 6.45) is 0. The van der Waals surface area contributed by atoms with Crippen LogP contribution in [0, 0.1) is 5.82 Å². The van der Waals surface area contributed by atoms with Crippen molar-refractivity contribution in [2.45, 2.75) is 33.4 Å². The Bertz CT molecular complexity index is 826. The number of halogens is 1. The number of nitrogens with zero attached hydrogens (tertiary/aromatic N) is 3. The largest absolute Gasteiger partial charge is 0.369 e. The van der Waals surface area contributed by atoms with Gasteiger partial charge < -0.3 is 11.1 Å². The molecule has 2 rings (SSSR count). The molecule has 148 valence electrons. The lowest BCUT2D eigenvalue weighted by atomic mass is 10.2. The van der Waals surface area contributed by atoms with Gasteiger partial charge in [0.1, 0.15) is 11.7 Å². The molecular formula is C22H28FN5. The van der Waals surface area contributed by atoms with Crippen LogP contribution in [-0.2, 0) is 6.54 Å². The molecule has 0 aliphatic rings. The van der Waals surface area contributed by atoms with E-state index in [1.165, 1.54) is 17.7 Å². The Hall–Kier alpha value is -2.99. The van der Waals surface area contributed by atoms with Crippen LogP contribution in [0.15, 0.2) is 76.9 Å². The second-order valence-electron chi connectivity index (χ2n) is 6.85. The number of guanidine groups is 1. The number of nitrogens with one attached hydrogen (secondary N) is 1.